The number of benzene rings is 1. The van der Waals surface area contributed by atoms with Crippen molar-refractivity contribution in [2.45, 2.75) is 26.3 Å². The summed E-state index contributed by atoms with van der Waals surface area (Å²) in [6.07, 6.45) is 3.95. The lowest BCUT2D eigenvalue weighted by molar-refractivity contribution is 0.445. The minimum absolute atomic E-state index is 0.205. The van der Waals surface area contributed by atoms with Crippen molar-refractivity contribution in [2.75, 3.05) is 18.0 Å². The lowest BCUT2D eigenvalue weighted by Gasteiger charge is -2.32. The molecule has 0 aliphatic carbocycles. The van der Waals surface area contributed by atoms with Gasteiger partial charge in [-0.05, 0) is 36.5 Å². The zero-order valence-corrected chi connectivity index (χ0v) is 13.8. The fourth-order valence-corrected chi connectivity index (χ4v) is 3.23. The van der Waals surface area contributed by atoms with Gasteiger partial charge in [0.2, 0.25) is 0 Å². The molecule has 2 aromatic rings. The third kappa shape index (κ3) is 3.55. The van der Waals surface area contributed by atoms with Gasteiger partial charge in [0, 0.05) is 13.1 Å². The molecule has 3 rings (SSSR count). The van der Waals surface area contributed by atoms with E-state index in [-0.39, 0.29) is 22.9 Å². The number of hydrogen-bond donors (Lipinski definition) is 0. The molecule has 1 aromatic heterocycles. The van der Waals surface area contributed by atoms with Crippen LogP contribution in [0.5, 0.6) is 0 Å². The first kappa shape index (κ1) is 16.0. The van der Waals surface area contributed by atoms with Gasteiger partial charge in [0.05, 0.1) is 18.4 Å². The van der Waals surface area contributed by atoms with Crippen LogP contribution in [0.2, 0.25) is 5.02 Å². The maximum atomic E-state index is 12.9. The first-order valence-corrected chi connectivity index (χ1v) is 8.17. The molecule has 0 N–H and O–H groups in total. The van der Waals surface area contributed by atoms with Crippen molar-refractivity contribution in [1.82, 2.24) is 9.78 Å². The smallest absolute Gasteiger partial charge is 0.287 e. The summed E-state index contributed by atoms with van der Waals surface area (Å²) >= 11 is 6.30. The molecule has 1 aliphatic heterocycles. The van der Waals surface area contributed by atoms with E-state index in [0.717, 1.165) is 25.1 Å². The highest BCUT2D eigenvalue weighted by molar-refractivity contribution is 6.33. The Hall–Kier alpha value is -1.88. The summed E-state index contributed by atoms with van der Waals surface area (Å²) in [5.74, 6) is 0.281. The van der Waals surface area contributed by atoms with Crippen LogP contribution in [0.4, 0.5) is 10.1 Å². The second-order valence-corrected chi connectivity index (χ2v) is 6.50. The molecule has 6 heteroatoms. The van der Waals surface area contributed by atoms with E-state index in [1.165, 1.54) is 23.2 Å². The Balaban J connectivity index is 1.85. The first-order chi connectivity index (χ1) is 11.0. The zero-order chi connectivity index (χ0) is 16.4. The van der Waals surface area contributed by atoms with Crippen LogP contribution < -0.4 is 10.5 Å². The number of nitrogens with zero attached hydrogens (tertiary/aromatic N) is 3. The number of halogens is 2. The Morgan fingerprint density at radius 2 is 2.09 bits per heavy atom. The van der Waals surface area contributed by atoms with Gasteiger partial charge >= 0.3 is 0 Å². The second kappa shape index (κ2) is 6.71. The molecule has 4 nitrogen and oxygen atoms in total. The number of rotatable bonds is 3. The maximum absolute atomic E-state index is 12.9. The molecule has 1 aliphatic rings. The Kier molecular flexibility index (Phi) is 4.66. The largest absolute Gasteiger partial charge is 0.369 e. The number of piperidine rings is 1. The Morgan fingerprint density at radius 1 is 1.35 bits per heavy atom. The molecule has 1 fully saturated rings. The van der Waals surface area contributed by atoms with Crippen LogP contribution in [0.3, 0.4) is 0 Å². The molecule has 23 heavy (non-hydrogen) atoms. The zero-order valence-electron chi connectivity index (χ0n) is 13.0. The summed E-state index contributed by atoms with van der Waals surface area (Å²) in [5, 5.41) is 4.45. The molecule has 0 unspecified atom stereocenters. The van der Waals surface area contributed by atoms with Crippen molar-refractivity contribution in [3.63, 3.8) is 0 Å². The van der Waals surface area contributed by atoms with Gasteiger partial charge in [-0.2, -0.15) is 5.10 Å². The summed E-state index contributed by atoms with van der Waals surface area (Å²) in [6.45, 7) is 4.26. The van der Waals surface area contributed by atoms with Crippen LogP contribution in [0.1, 0.15) is 25.3 Å². The van der Waals surface area contributed by atoms with Crippen molar-refractivity contribution in [3.8, 4) is 0 Å². The predicted molar refractivity (Wildman–Crippen MR) is 89.6 cm³/mol. The molecule has 0 radical (unpaired) electrons. The molecule has 0 spiro atoms. The normalized spacial score (nSPS) is 18.2. The average Bonchev–Trinajstić information content (AvgIpc) is 2.54. The molecule has 2 heterocycles. The molecular formula is C17H19ClFN3O. The monoisotopic (exact) mass is 335 g/mol. The van der Waals surface area contributed by atoms with E-state index in [4.69, 9.17) is 11.6 Å². The quantitative estimate of drug-likeness (QED) is 0.863. The van der Waals surface area contributed by atoms with Crippen LogP contribution >= 0.6 is 11.6 Å². The molecule has 0 amide bonds. The van der Waals surface area contributed by atoms with Gasteiger partial charge in [-0.3, -0.25) is 4.79 Å². The Morgan fingerprint density at radius 3 is 2.78 bits per heavy atom. The van der Waals surface area contributed by atoms with Gasteiger partial charge in [0.15, 0.2) is 0 Å². The number of aromatic nitrogens is 2. The summed E-state index contributed by atoms with van der Waals surface area (Å²) in [4.78, 5) is 14.6. The summed E-state index contributed by atoms with van der Waals surface area (Å²) in [5.41, 5.74) is 1.20. The van der Waals surface area contributed by atoms with E-state index in [0.29, 0.717) is 11.6 Å². The van der Waals surface area contributed by atoms with E-state index in [1.807, 2.05) is 0 Å². The van der Waals surface area contributed by atoms with Crippen LogP contribution in [0, 0.1) is 11.7 Å². The third-order valence-corrected chi connectivity index (χ3v) is 4.57. The van der Waals surface area contributed by atoms with Gasteiger partial charge in [0.1, 0.15) is 10.8 Å². The van der Waals surface area contributed by atoms with E-state index < -0.39 is 0 Å². The van der Waals surface area contributed by atoms with Gasteiger partial charge in [-0.1, -0.05) is 30.7 Å². The fraction of sp³-hybridized carbons (Fsp3) is 0.412. The minimum atomic E-state index is -0.313. The van der Waals surface area contributed by atoms with E-state index >= 15 is 0 Å². The second-order valence-electron chi connectivity index (χ2n) is 6.13. The van der Waals surface area contributed by atoms with E-state index in [2.05, 4.69) is 16.9 Å². The molecule has 1 atom stereocenters. The summed E-state index contributed by atoms with van der Waals surface area (Å²) in [6, 6.07) is 6.01. The molecule has 1 aromatic carbocycles. The molecule has 0 bridgehead atoms. The number of hydrogen-bond acceptors (Lipinski definition) is 3. The van der Waals surface area contributed by atoms with Crippen LogP contribution in [-0.2, 0) is 6.54 Å². The Bertz CT molecular complexity index is 744. The highest BCUT2D eigenvalue weighted by Crippen LogP contribution is 2.26. The van der Waals surface area contributed by atoms with Gasteiger partial charge in [-0.15, -0.1) is 0 Å². The lowest BCUT2D eigenvalue weighted by atomic mass is 10.00. The van der Waals surface area contributed by atoms with Gasteiger partial charge in [0.25, 0.3) is 5.56 Å². The predicted octanol–water partition coefficient (Wildman–Crippen LogP) is 3.32. The SMILES string of the molecule is C[C@@H]1CCCN(c2cnn(Cc3ccc(F)cc3)c(=O)c2Cl)C1. The van der Waals surface area contributed by atoms with E-state index in [9.17, 15) is 9.18 Å². The minimum Gasteiger partial charge on any atom is -0.369 e. The topological polar surface area (TPSA) is 38.1 Å². The highest BCUT2D eigenvalue weighted by atomic mass is 35.5. The summed E-state index contributed by atoms with van der Waals surface area (Å²) in [7, 11) is 0. The standard InChI is InChI=1S/C17H19ClFN3O/c1-12-3-2-8-21(10-12)15-9-20-22(17(23)16(15)18)11-13-4-6-14(19)7-5-13/h4-7,9,12H,2-3,8,10-11H2,1H3/t12-/m1/s1. The molecule has 0 saturated carbocycles. The molecular weight excluding hydrogens is 317 g/mol. The third-order valence-electron chi connectivity index (χ3n) is 4.21. The number of anilines is 1. The molecule has 1 saturated heterocycles. The Labute approximate surface area is 139 Å². The van der Waals surface area contributed by atoms with Gasteiger partial charge < -0.3 is 4.90 Å². The van der Waals surface area contributed by atoms with Crippen molar-refractivity contribution in [1.29, 1.82) is 0 Å². The highest BCUT2D eigenvalue weighted by Gasteiger charge is 2.21. The molecule has 122 valence electrons. The maximum Gasteiger partial charge on any atom is 0.287 e. The van der Waals surface area contributed by atoms with Crippen molar-refractivity contribution in [2.24, 2.45) is 5.92 Å². The van der Waals surface area contributed by atoms with Crippen molar-refractivity contribution < 1.29 is 4.39 Å². The fourth-order valence-electron chi connectivity index (χ4n) is 2.96. The van der Waals surface area contributed by atoms with Crippen LogP contribution in [0.15, 0.2) is 35.3 Å². The van der Waals surface area contributed by atoms with Crippen molar-refractivity contribution >= 4 is 17.3 Å². The van der Waals surface area contributed by atoms with Crippen LogP contribution in [-0.4, -0.2) is 22.9 Å². The van der Waals surface area contributed by atoms with Crippen molar-refractivity contribution in [3.05, 3.63) is 57.2 Å². The first-order valence-electron chi connectivity index (χ1n) is 7.79. The summed E-state index contributed by atoms with van der Waals surface area (Å²) < 4.78 is 14.3. The van der Waals surface area contributed by atoms with Gasteiger partial charge in [-0.25, -0.2) is 9.07 Å². The lowest BCUT2D eigenvalue weighted by Crippen LogP contribution is -2.36. The average molecular weight is 336 g/mol. The van der Waals surface area contributed by atoms with Crippen LogP contribution in [0.25, 0.3) is 0 Å². The van der Waals surface area contributed by atoms with E-state index in [1.54, 1.807) is 18.3 Å².